The third kappa shape index (κ3) is 3.79. The van der Waals surface area contributed by atoms with E-state index in [1.54, 1.807) is 12.1 Å². The molecule has 0 saturated carbocycles. The van der Waals surface area contributed by atoms with E-state index in [0.29, 0.717) is 24.5 Å². The van der Waals surface area contributed by atoms with Crippen molar-refractivity contribution >= 4 is 23.4 Å². The minimum Gasteiger partial charge on any atom is -0.442 e. The molecule has 9 heteroatoms. The van der Waals surface area contributed by atoms with E-state index >= 15 is 4.39 Å². The fraction of sp³-hybridized carbons (Fsp3) is 0.571. The summed E-state index contributed by atoms with van der Waals surface area (Å²) in [5.74, 6) is -0.577. The van der Waals surface area contributed by atoms with Crippen LogP contribution in [0.3, 0.4) is 0 Å². The minimum atomic E-state index is -0.546. The fourth-order valence-corrected chi connectivity index (χ4v) is 4.87. The van der Waals surface area contributed by atoms with Crippen LogP contribution >= 0.6 is 0 Å². The fourth-order valence-electron chi connectivity index (χ4n) is 4.87. The van der Waals surface area contributed by atoms with E-state index < -0.39 is 12.2 Å². The monoisotopic (exact) mass is 415 g/mol. The van der Waals surface area contributed by atoms with Gasteiger partial charge in [-0.15, -0.1) is 0 Å². The van der Waals surface area contributed by atoms with E-state index in [2.05, 4.69) is 16.3 Å². The van der Waals surface area contributed by atoms with Crippen LogP contribution in [-0.4, -0.2) is 67.8 Å². The van der Waals surface area contributed by atoms with Crippen LogP contribution in [-0.2, 0) is 9.53 Å². The summed E-state index contributed by atoms with van der Waals surface area (Å²) in [6.45, 7) is 4.65. The number of amides is 2. The lowest BCUT2D eigenvalue weighted by molar-refractivity contribution is -0.119. The highest BCUT2D eigenvalue weighted by atomic mass is 19.1. The molecule has 0 aliphatic carbocycles. The first-order chi connectivity index (χ1) is 14.4. The summed E-state index contributed by atoms with van der Waals surface area (Å²) in [5, 5.41) is 11.7. The largest absolute Gasteiger partial charge is 0.442 e. The van der Waals surface area contributed by atoms with Crippen LogP contribution in [0.2, 0.25) is 0 Å². The van der Waals surface area contributed by atoms with Gasteiger partial charge in [0.05, 0.1) is 37.1 Å². The van der Waals surface area contributed by atoms with Gasteiger partial charge in [-0.05, 0) is 44.0 Å². The van der Waals surface area contributed by atoms with Gasteiger partial charge in [0.15, 0.2) is 0 Å². The molecule has 0 aromatic heterocycles. The Hall–Kier alpha value is -2.86. The Bertz CT molecular complexity index is 888. The molecule has 4 rings (SSSR count). The zero-order chi connectivity index (χ0) is 21.3. The molecule has 2 amide bonds. The third-order valence-corrected chi connectivity index (χ3v) is 6.37. The van der Waals surface area contributed by atoms with Crippen LogP contribution in [0, 0.1) is 17.1 Å². The number of nitrogens with zero attached hydrogens (tertiary/aromatic N) is 4. The Morgan fingerprint density at radius 3 is 2.97 bits per heavy atom. The Labute approximate surface area is 175 Å². The van der Waals surface area contributed by atoms with Crippen LogP contribution in [0.25, 0.3) is 0 Å². The van der Waals surface area contributed by atoms with Crippen LogP contribution in [0.1, 0.15) is 26.2 Å². The number of carbonyl (C=O) groups is 2. The molecule has 2 unspecified atom stereocenters. The molecule has 3 fully saturated rings. The van der Waals surface area contributed by atoms with Crippen LogP contribution in [0.15, 0.2) is 18.2 Å². The van der Waals surface area contributed by atoms with Gasteiger partial charge in [0.1, 0.15) is 11.9 Å². The number of hydrogen-bond donors (Lipinski definition) is 1. The molecule has 8 nitrogen and oxygen atoms in total. The van der Waals surface area contributed by atoms with E-state index in [0.717, 1.165) is 32.4 Å². The first kappa shape index (κ1) is 20.4. The Morgan fingerprint density at radius 2 is 2.23 bits per heavy atom. The number of hydrogen-bond acceptors (Lipinski definition) is 6. The molecule has 0 radical (unpaired) electrons. The molecule has 3 heterocycles. The molecule has 3 aliphatic heterocycles. The topological polar surface area (TPSA) is 88.9 Å². The van der Waals surface area contributed by atoms with Crippen LogP contribution < -0.4 is 15.1 Å². The van der Waals surface area contributed by atoms with Gasteiger partial charge in [0.2, 0.25) is 5.91 Å². The number of nitrogens with one attached hydrogen (secondary N) is 1. The zero-order valence-corrected chi connectivity index (χ0v) is 17.1. The molecular formula is C21H26FN5O3. The van der Waals surface area contributed by atoms with E-state index in [1.165, 1.54) is 17.9 Å². The van der Waals surface area contributed by atoms with Crippen molar-refractivity contribution < 1.29 is 18.7 Å². The van der Waals surface area contributed by atoms with Gasteiger partial charge in [-0.25, -0.2) is 9.18 Å². The van der Waals surface area contributed by atoms with Gasteiger partial charge in [-0.3, -0.25) is 14.6 Å². The number of rotatable bonds is 5. The molecule has 1 N–H and O–H groups in total. The van der Waals surface area contributed by atoms with E-state index in [4.69, 9.17) is 10.00 Å². The standard InChI is InChI=1S/C21H26FN5O3/c1-15(28)24-12-17-13-27(20(29)30-17)16-3-4-19(18(22)11-16)25-9-6-21(14-25)5-2-8-26(21)10-7-23/h3-4,11,17H,2,5-6,8-10,12-14H2,1H3,(H,24,28). The van der Waals surface area contributed by atoms with Crippen molar-refractivity contribution in [1.82, 2.24) is 10.2 Å². The second-order valence-corrected chi connectivity index (χ2v) is 8.27. The summed E-state index contributed by atoms with van der Waals surface area (Å²) >= 11 is 0. The summed E-state index contributed by atoms with van der Waals surface area (Å²) in [6.07, 6.45) is 2.00. The summed E-state index contributed by atoms with van der Waals surface area (Å²) in [5.41, 5.74) is 0.908. The Morgan fingerprint density at radius 1 is 1.40 bits per heavy atom. The maximum atomic E-state index is 15.0. The van der Waals surface area contributed by atoms with Gasteiger partial charge in [-0.1, -0.05) is 0 Å². The predicted molar refractivity (Wildman–Crippen MR) is 109 cm³/mol. The number of nitriles is 1. The highest BCUT2D eigenvalue weighted by Crippen LogP contribution is 2.40. The molecule has 1 aromatic rings. The lowest BCUT2D eigenvalue weighted by Crippen LogP contribution is -2.46. The third-order valence-electron chi connectivity index (χ3n) is 6.37. The number of carbonyl (C=O) groups excluding carboxylic acids is 2. The van der Waals surface area contributed by atoms with Crippen molar-refractivity contribution in [1.29, 1.82) is 5.26 Å². The number of halogens is 1. The molecule has 3 aliphatic rings. The highest BCUT2D eigenvalue weighted by molar-refractivity contribution is 5.90. The highest BCUT2D eigenvalue weighted by Gasteiger charge is 2.46. The molecule has 3 saturated heterocycles. The van der Waals surface area contributed by atoms with Gasteiger partial charge in [0.25, 0.3) is 0 Å². The average molecular weight is 415 g/mol. The Kier molecular flexibility index (Phi) is 5.52. The molecular weight excluding hydrogens is 389 g/mol. The SMILES string of the molecule is CC(=O)NCC1CN(c2ccc(N3CCC4(CCCN4CC#N)C3)c(F)c2)C(=O)O1. The predicted octanol–water partition coefficient (Wildman–Crippen LogP) is 1.86. The smallest absolute Gasteiger partial charge is 0.414 e. The first-order valence-corrected chi connectivity index (χ1v) is 10.3. The lowest BCUT2D eigenvalue weighted by atomic mass is 9.95. The normalized spacial score (nSPS) is 26.3. The van der Waals surface area contributed by atoms with E-state index in [9.17, 15) is 9.59 Å². The average Bonchev–Trinajstić information content (AvgIpc) is 3.41. The molecule has 2 atom stereocenters. The number of ether oxygens (including phenoxy) is 1. The molecule has 1 spiro atoms. The van der Waals surface area contributed by atoms with Gasteiger partial charge < -0.3 is 15.0 Å². The lowest BCUT2D eigenvalue weighted by Gasteiger charge is -2.33. The molecule has 160 valence electrons. The van der Waals surface area contributed by atoms with Gasteiger partial charge in [-0.2, -0.15) is 5.26 Å². The molecule has 30 heavy (non-hydrogen) atoms. The molecule has 1 aromatic carbocycles. The van der Waals surface area contributed by atoms with Crippen molar-refractivity contribution in [3.05, 3.63) is 24.0 Å². The van der Waals surface area contributed by atoms with Crippen LogP contribution in [0.4, 0.5) is 20.6 Å². The van der Waals surface area contributed by atoms with Gasteiger partial charge in [0, 0.05) is 25.6 Å². The number of cyclic esters (lactones) is 1. The summed E-state index contributed by atoms with van der Waals surface area (Å²) in [7, 11) is 0. The molecule has 0 bridgehead atoms. The van der Waals surface area contributed by atoms with Crippen LogP contribution in [0.5, 0.6) is 0 Å². The van der Waals surface area contributed by atoms with Crippen molar-refractivity contribution in [2.75, 3.05) is 49.1 Å². The van der Waals surface area contributed by atoms with Crippen molar-refractivity contribution in [3.8, 4) is 6.07 Å². The number of anilines is 2. The first-order valence-electron chi connectivity index (χ1n) is 10.3. The maximum Gasteiger partial charge on any atom is 0.414 e. The summed E-state index contributed by atoms with van der Waals surface area (Å²) < 4.78 is 20.3. The quantitative estimate of drug-likeness (QED) is 0.739. The minimum absolute atomic E-state index is 0.0451. The van der Waals surface area contributed by atoms with E-state index in [-0.39, 0.29) is 30.4 Å². The zero-order valence-electron chi connectivity index (χ0n) is 17.1. The second kappa shape index (κ2) is 8.11. The maximum absolute atomic E-state index is 15.0. The van der Waals surface area contributed by atoms with Crippen molar-refractivity contribution in [2.45, 2.75) is 37.8 Å². The Balaban J connectivity index is 1.45. The second-order valence-electron chi connectivity index (χ2n) is 8.27. The van der Waals surface area contributed by atoms with Crippen molar-refractivity contribution in [3.63, 3.8) is 0 Å². The summed E-state index contributed by atoms with van der Waals surface area (Å²) in [4.78, 5) is 28.9. The number of benzene rings is 1. The number of likely N-dealkylation sites (tertiary alicyclic amines) is 1. The van der Waals surface area contributed by atoms with Gasteiger partial charge >= 0.3 is 6.09 Å². The van der Waals surface area contributed by atoms with E-state index in [1.807, 2.05) is 4.90 Å². The van der Waals surface area contributed by atoms with Crippen molar-refractivity contribution in [2.24, 2.45) is 0 Å². The summed E-state index contributed by atoms with van der Waals surface area (Å²) in [6, 6.07) is 7.05.